The van der Waals surface area contributed by atoms with Crippen LogP contribution in [0.15, 0.2) is 30.3 Å². The third-order valence-corrected chi connectivity index (χ3v) is 4.63. The molecule has 6 heteroatoms. The lowest BCUT2D eigenvalue weighted by molar-refractivity contribution is -0.136. The van der Waals surface area contributed by atoms with Crippen LogP contribution in [0.2, 0.25) is 0 Å². The van der Waals surface area contributed by atoms with Crippen LogP contribution in [-0.4, -0.2) is 60.5 Å². The molecule has 0 aromatic heterocycles. The van der Waals surface area contributed by atoms with Gasteiger partial charge in [-0.3, -0.25) is 4.79 Å². The number of hydrogen-bond donors (Lipinski definition) is 2. The second kappa shape index (κ2) is 7.00. The minimum atomic E-state index is -0.439. The van der Waals surface area contributed by atoms with E-state index in [1.165, 1.54) is 0 Å². The van der Waals surface area contributed by atoms with Gasteiger partial charge in [-0.1, -0.05) is 30.3 Å². The lowest BCUT2D eigenvalue weighted by Crippen LogP contribution is -2.52. The van der Waals surface area contributed by atoms with Crippen LogP contribution in [0.4, 0.5) is 4.79 Å². The fourth-order valence-corrected chi connectivity index (χ4v) is 3.29. The van der Waals surface area contributed by atoms with Crippen molar-refractivity contribution in [3.63, 3.8) is 0 Å². The summed E-state index contributed by atoms with van der Waals surface area (Å²) in [5, 5.41) is 6.13. The normalized spacial score (nSPS) is 22.0. The van der Waals surface area contributed by atoms with Crippen LogP contribution in [0, 0.1) is 0 Å². The first-order chi connectivity index (χ1) is 11.1. The summed E-state index contributed by atoms with van der Waals surface area (Å²) in [6, 6.07) is 9.66. The maximum absolute atomic E-state index is 13.0. The molecule has 3 amide bonds. The lowest BCUT2D eigenvalue weighted by Gasteiger charge is -2.36. The first kappa shape index (κ1) is 15.8. The molecule has 3 rings (SSSR count). The maximum atomic E-state index is 13.0. The monoisotopic (exact) mass is 316 g/mol. The van der Waals surface area contributed by atoms with E-state index in [0.717, 1.165) is 31.5 Å². The minimum absolute atomic E-state index is 0.0263. The number of amides is 3. The van der Waals surface area contributed by atoms with Crippen LogP contribution in [0.25, 0.3) is 0 Å². The molecule has 2 aliphatic rings. The van der Waals surface area contributed by atoms with E-state index < -0.39 is 6.04 Å². The highest BCUT2D eigenvalue weighted by Gasteiger charge is 2.36. The number of likely N-dealkylation sites (N-methyl/N-ethyl adjacent to an activating group) is 1. The van der Waals surface area contributed by atoms with E-state index in [2.05, 4.69) is 10.6 Å². The molecule has 1 atom stereocenters. The number of urea groups is 1. The van der Waals surface area contributed by atoms with Crippen molar-refractivity contribution < 1.29 is 9.59 Å². The van der Waals surface area contributed by atoms with Gasteiger partial charge in [-0.15, -0.1) is 0 Å². The number of rotatable bonds is 4. The smallest absolute Gasteiger partial charge is 0.317 e. The number of benzene rings is 1. The Kier molecular flexibility index (Phi) is 4.81. The highest BCUT2D eigenvalue weighted by Crippen LogP contribution is 2.18. The molecule has 1 unspecified atom stereocenters. The zero-order valence-electron chi connectivity index (χ0n) is 13.5. The van der Waals surface area contributed by atoms with Gasteiger partial charge in [0.15, 0.2) is 0 Å². The Bertz CT molecular complexity index is 557. The van der Waals surface area contributed by atoms with E-state index >= 15 is 0 Å². The Labute approximate surface area is 136 Å². The van der Waals surface area contributed by atoms with E-state index in [9.17, 15) is 9.59 Å². The van der Waals surface area contributed by atoms with Crippen LogP contribution < -0.4 is 10.6 Å². The van der Waals surface area contributed by atoms with Gasteiger partial charge in [-0.25, -0.2) is 4.79 Å². The second-order valence-corrected chi connectivity index (χ2v) is 6.32. The van der Waals surface area contributed by atoms with Gasteiger partial charge in [0.25, 0.3) is 0 Å². The van der Waals surface area contributed by atoms with Gasteiger partial charge >= 0.3 is 6.03 Å². The quantitative estimate of drug-likeness (QED) is 0.863. The van der Waals surface area contributed by atoms with Crippen LogP contribution in [0.5, 0.6) is 0 Å². The topological polar surface area (TPSA) is 64.7 Å². The molecule has 2 heterocycles. The molecule has 0 radical (unpaired) electrons. The molecule has 2 saturated heterocycles. The summed E-state index contributed by atoms with van der Waals surface area (Å²) in [5.74, 6) is 0.0263. The number of carbonyl (C=O) groups excluding carboxylic acids is 2. The zero-order valence-corrected chi connectivity index (χ0v) is 13.5. The summed E-state index contributed by atoms with van der Waals surface area (Å²) < 4.78 is 0. The van der Waals surface area contributed by atoms with Gasteiger partial charge < -0.3 is 20.4 Å². The van der Waals surface area contributed by atoms with Crippen LogP contribution in [-0.2, 0) is 11.3 Å². The molecule has 0 aliphatic carbocycles. The first-order valence-electron chi connectivity index (χ1n) is 8.22. The average Bonchev–Trinajstić information content (AvgIpc) is 2.93. The van der Waals surface area contributed by atoms with Gasteiger partial charge in [-0.2, -0.15) is 0 Å². The molecule has 2 aliphatic heterocycles. The lowest BCUT2D eigenvalue weighted by atomic mass is 10.0. The Hall–Kier alpha value is -2.08. The minimum Gasteiger partial charge on any atom is -0.333 e. The van der Waals surface area contributed by atoms with E-state index in [1.54, 1.807) is 11.9 Å². The van der Waals surface area contributed by atoms with Gasteiger partial charge in [0.1, 0.15) is 6.04 Å². The maximum Gasteiger partial charge on any atom is 0.317 e. The third-order valence-electron chi connectivity index (χ3n) is 4.63. The van der Waals surface area contributed by atoms with Crippen LogP contribution in [0.1, 0.15) is 18.4 Å². The molecular weight excluding hydrogens is 292 g/mol. The van der Waals surface area contributed by atoms with Gasteiger partial charge in [0.2, 0.25) is 5.91 Å². The predicted molar refractivity (Wildman–Crippen MR) is 87.8 cm³/mol. The predicted octanol–water partition coefficient (Wildman–Crippen LogP) is 0.791. The second-order valence-electron chi connectivity index (χ2n) is 6.32. The molecule has 0 bridgehead atoms. The van der Waals surface area contributed by atoms with Crippen molar-refractivity contribution in [1.29, 1.82) is 0 Å². The highest BCUT2D eigenvalue weighted by molar-refractivity contribution is 5.90. The number of carbonyl (C=O) groups is 2. The number of nitrogens with zero attached hydrogens (tertiary/aromatic N) is 2. The highest BCUT2D eigenvalue weighted by atomic mass is 16.2. The summed E-state index contributed by atoms with van der Waals surface area (Å²) in [4.78, 5) is 28.2. The number of piperidine rings is 1. The molecule has 1 aromatic rings. The SMILES string of the molecule is CN1CC(C(=O)N(Cc2ccccc2)C2CCNCC2)NC1=O. The number of nitrogens with one attached hydrogen (secondary N) is 2. The van der Waals surface area contributed by atoms with Gasteiger partial charge in [-0.05, 0) is 31.5 Å². The van der Waals surface area contributed by atoms with Crippen molar-refractivity contribution >= 4 is 11.9 Å². The molecular formula is C17H24N4O2. The summed E-state index contributed by atoms with van der Waals surface area (Å²) in [6.45, 7) is 2.90. The molecule has 2 N–H and O–H groups in total. The van der Waals surface area contributed by atoms with Crippen molar-refractivity contribution in [1.82, 2.24) is 20.4 Å². The molecule has 0 spiro atoms. The van der Waals surface area contributed by atoms with E-state index in [0.29, 0.717) is 13.1 Å². The summed E-state index contributed by atoms with van der Waals surface area (Å²) in [6.07, 6.45) is 1.91. The Balaban J connectivity index is 1.76. The van der Waals surface area contributed by atoms with E-state index in [4.69, 9.17) is 0 Å². The summed E-state index contributed by atoms with van der Waals surface area (Å²) >= 11 is 0. The largest absolute Gasteiger partial charge is 0.333 e. The Morgan fingerprint density at radius 2 is 1.96 bits per heavy atom. The first-order valence-corrected chi connectivity index (χ1v) is 8.22. The standard InChI is InChI=1S/C17H24N4O2/c1-20-12-15(19-17(20)23)16(22)21(14-7-9-18-10-8-14)11-13-5-3-2-4-6-13/h2-6,14-15,18H,7-12H2,1H3,(H,19,23). The van der Waals surface area contributed by atoms with E-state index in [-0.39, 0.29) is 18.0 Å². The Morgan fingerprint density at radius 3 is 2.57 bits per heavy atom. The third kappa shape index (κ3) is 3.64. The van der Waals surface area contributed by atoms with Gasteiger partial charge in [0.05, 0.1) is 6.54 Å². The van der Waals surface area contributed by atoms with Crippen LogP contribution >= 0.6 is 0 Å². The van der Waals surface area contributed by atoms with Crippen molar-refractivity contribution in [3.05, 3.63) is 35.9 Å². The van der Waals surface area contributed by atoms with Crippen molar-refractivity contribution in [2.24, 2.45) is 0 Å². The van der Waals surface area contributed by atoms with Crippen molar-refractivity contribution in [2.45, 2.75) is 31.5 Å². The average molecular weight is 316 g/mol. The summed E-state index contributed by atoms with van der Waals surface area (Å²) in [5.41, 5.74) is 1.12. The Morgan fingerprint density at radius 1 is 1.26 bits per heavy atom. The molecule has 23 heavy (non-hydrogen) atoms. The molecule has 2 fully saturated rings. The fraction of sp³-hybridized carbons (Fsp3) is 0.529. The zero-order chi connectivity index (χ0) is 16.2. The molecule has 0 saturated carbocycles. The van der Waals surface area contributed by atoms with Gasteiger partial charge in [0, 0.05) is 19.6 Å². The van der Waals surface area contributed by atoms with Crippen LogP contribution in [0.3, 0.4) is 0 Å². The van der Waals surface area contributed by atoms with Crippen molar-refractivity contribution in [3.8, 4) is 0 Å². The number of hydrogen-bond acceptors (Lipinski definition) is 3. The summed E-state index contributed by atoms with van der Waals surface area (Å²) in [7, 11) is 1.72. The van der Waals surface area contributed by atoms with E-state index in [1.807, 2.05) is 35.2 Å². The molecule has 124 valence electrons. The molecule has 1 aromatic carbocycles. The fourth-order valence-electron chi connectivity index (χ4n) is 3.29. The molecule has 6 nitrogen and oxygen atoms in total. The van der Waals surface area contributed by atoms with Crippen molar-refractivity contribution in [2.75, 3.05) is 26.7 Å².